The number of carbonyl (C=O) groups is 2. The van der Waals surface area contributed by atoms with Gasteiger partial charge >= 0.3 is 12.1 Å². The topological polar surface area (TPSA) is 117 Å². The van der Waals surface area contributed by atoms with Crippen LogP contribution in [0.25, 0.3) is 0 Å². The molecule has 2 aliphatic rings. The zero-order valence-electron chi connectivity index (χ0n) is 15.3. The molecule has 9 heteroatoms. The van der Waals surface area contributed by atoms with Gasteiger partial charge in [-0.3, -0.25) is 0 Å². The van der Waals surface area contributed by atoms with Crippen molar-refractivity contribution in [2.45, 2.75) is 51.2 Å². The number of aliphatic carboxylic acids is 1. The van der Waals surface area contributed by atoms with E-state index in [1.807, 2.05) is 0 Å². The summed E-state index contributed by atoms with van der Waals surface area (Å²) in [6, 6.07) is 0. The minimum Gasteiger partial charge on any atom is -0.480 e. The van der Waals surface area contributed by atoms with Crippen LogP contribution in [0.5, 0.6) is 0 Å². The van der Waals surface area contributed by atoms with Gasteiger partial charge in [0.15, 0.2) is 0 Å². The van der Waals surface area contributed by atoms with E-state index in [-0.39, 0.29) is 12.8 Å². The summed E-state index contributed by atoms with van der Waals surface area (Å²) < 4.78 is 5.23. The molecule has 0 spiro atoms. The first-order valence-corrected chi connectivity index (χ1v) is 8.77. The van der Waals surface area contributed by atoms with Crippen molar-refractivity contribution in [2.24, 2.45) is 0 Å². The smallest absolute Gasteiger partial charge is 0.408 e. The maximum absolute atomic E-state index is 12.1. The number of hydrogen-bond donors (Lipinski definition) is 3. The third-order valence-electron chi connectivity index (χ3n) is 4.66. The van der Waals surface area contributed by atoms with E-state index in [1.165, 1.54) is 6.33 Å². The van der Waals surface area contributed by atoms with Crippen molar-refractivity contribution >= 4 is 23.7 Å². The van der Waals surface area contributed by atoms with Gasteiger partial charge in [-0.15, -0.1) is 0 Å². The van der Waals surface area contributed by atoms with Gasteiger partial charge < -0.3 is 25.4 Å². The molecule has 2 aliphatic heterocycles. The highest BCUT2D eigenvalue weighted by Crippen LogP contribution is 2.32. The summed E-state index contributed by atoms with van der Waals surface area (Å²) in [7, 11) is 0. The minimum atomic E-state index is -1.33. The number of rotatable bonds is 3. The molecule has 1 saturated heterocycles. The predicted molar refractivity (Wildman–Crippen MR) is 95.4 cm³/mol. The Morgan fingerprint density at radius 1 is 1.31 bits per heavy atom. The number of carbonyl (C=O) groups excluding carboxylic acids is 1. The van der Waals surface area contributed by atoms with Crippen LogP contribution in [0.1, 0.15) is 39.2 Å². The van der Waals surface area contributed by atoms with Gasteiger partial charge in [-0.1, -0.05) is 0 Å². The van der Waals surface area contributed by atoms with Crippen molar-refractivity contribution in [3.63, 3.8) is 0 Å². The fourth-order valence-electron chi connectivity index (χ4n) is 3.36. The Morgan fingerprint density at radius 2 is 2.00 bits per heavy atom. The van der Waals surface area contributed by atoms with Crippen molar-refractivity contribution in [1.82, 2.24) is 15.3 Å². The number of anilines is 2. The van der Waals surface area contributed by atoms with E-state index in [0.717, 1.165) is 30.2 Å². The van der Waals surface area contributed by atoms with Crippen LogP contribution < -0.4 is 15.5 Å². The quantitative estimate of drug-likeness (QED) is 0.738. The van der Waals surface area contributed by atoms with Crippen LogP contribution in [-0.4, -0.2) is 57.9 Å². The molecule has 26 heavy (non-hydrogen) atoms. The molecule has 1 amide bonds. The molecule has 3 N–H and O–H groups in total. The van der Waals surface area contributed by atoms with Crippen molar-refractivity contribution in [2.75, 3.05) is 29.9 Å². The molecule has 142 valence electrons. The first-order valence-electron chi connectivity index (χ1n) is 8.77. The zero-order valence-corrected chi connectivity index (χ0v) is 15.3. The number of nitrogens with zero attached hydrogens (tertiary/aromatic N) is 3. The standard InChI is InChI=1S/C17H25N5O4/c1-16(2,3)26-15(25)21-17(14(23)24)5-8-22(9-6-17)13-11-4-7-18-12(11)19-10-20-13/h10H,4-9H2,1-3H3,(H,21,25)(H,23,24)(H,18,19,20). The summed E-state index contributed by atoms with van der Waals surface area (Å²) in [5.41, 5.74) is -0.942. The molecule has 1 aromatic heterocycles. The molecule has 0 unspecified atom stereocenters. The van der Waals surface area contributed by atoms with Crippen molar-refractivity contribution in [3.8, 4) is 0 Å². The Hall–Kier alpha value is -2.58. The number of hydrogen-bond acceptors (Lipinski definition) is 7. The highest BCUT2D eigenvalue weighted by Gasteiger charge is 2.44. The number of fused-ring (bicyclic) bond motifs is 1. The van der Waals surface area contributed by atoms with Gasteiger partial charge in [0, 0.05) is 25.2 Å². The zero-order chi connectivity index (χ0) is 18.9. The molecule has 0 saturated carbocycles. The average molecular weight is 363 g/mol. The summed E-state index contributed by atoms with van der Waals surface area (Å²) in [5, 5.41) is 15.5. The number of nitrogens with one attached hydrogen (secondary N) is 2. The lowest BCUT2D eigenvalue weighted by molar-refractivity contribution is -0.145. The van der Waals surface area contributed by atoms with Crippen LogP contribution in [0.3, 0.4) is 0 Å². The third-order valence-corrected chi connectivity index (χ3v) is 4.66. The van der Waals surface area contributed by atoms with Crippen LogP contribution >= 0.6 is 0 Å². The Labute approximate surface area is 152 Å². The van der Waals surface area contributed by atoms with Crippen LogP contribution in [0.15, 0.2) is 6.33 Å². The van der Waals surface area contributed by atoms with Crippen molar-refractivity contribution in [3.05, 3.63) is 11.9 Å². The molecule has 1 aromatic rings. The van der Waals surface area contributed by atoms with Gasteiger partial charge in [0.1, 0.15) is 29.1 Å². The monoisotopic (exact) mass is 363 g/mol. The van der Waals surface area contributed by atoms with E-state index in [1.54, 1.807) is 20.8 Å². The number of carboxylic acids is 1. The highest BCUT2D eigenvalue weighted by molar-refractivity contribution is 5.85. The number of alkyl carbamates (subject to hydrolysis) is 1. The Kier molecular flexibility index (Phi) is 4.64. The second-order valence-electron chi connectivity index (χ2n) is 7.70. The maximum Gasteiger partial charge on any atom is 0.408 e. The van der Waals surface area contributed by atoms with E-state index in [9.17, 15) is 14.7 Å². The first kappa shape index (κ1) is 18.2. The van der Waals surface area contributed by atoms with Gasteiger partial charge in [-0.2, -0.15) is 0 Å². The molecule has 1 fully saturated rings. The lowest BCUT2D eigenvalue weighted by Gasteiger charge is -2.40. The summed E-state index contributed by atoms with van der Waals surface area (Å²) in [5.74, 6) is 0.644. The number of piperidine rings is 1. The molecule has 0 aliphatic carbocycles. The van der Waals surface area contributed by atoms with Crippen LogP contribution in [0, 0.1) is 0 Å². The van der Waals surface area contributed by atoms with Gasteiger partial charge in [0.2, 0.25) is 0 Å². The SMILES string of the molecule is CC(C)(C)OC(=O)NC1(C(=O)O)CCN(c2ncnc3c2CCN3)CC1. The Balaban J connectivity index is 1.71. The molecule has 3 rings (SSSR count). The summed E-state index contributed by atoms with van der Waals surface area (Å²) in [6.45, 7) is 7.01. The number of carboxylic acid groups (broad SMARTS) is 1. The van der Waals surface area contributed by atoms with Crippen molar-refractivity contribution in [1.29, 1.82) is 0 Å². The van der Waals surface area contributed by atoms with E-state index in [2.05, 4.69) is 25.5 Å². The van der Waals surface area contributed by atoms with Gasteiger partial charge in [0.05, 0.1) is 0 Å². The van der Waals surface area contributed by atoms with Crippen LogP contribution in [0.4, 0.5) is 16.4 Å². The predicted octanol–water partition coefficient (Wildman–Crippen LogP) is 1.39. The molecular weight excluding hydrogens is 338 g/mol. The number of amides is 1. The number of aromatic nitrogens is 2. The van der Waals surface area contributed by atoms with E-state index >= 15 is 0 Å². The number of ether oxygens (including phenoxy) is 1. The highest BCUT2D eigenvalue weighted by atomic mass is 16.6. The fraction of sp³-hybridized carbons (Fsp3) is 0.647. The molecule has 0 bridgehead atoms. The van der Waals surface area contributed by atoms with E-state index < -0.39 is 23.2 Å². The Bertz CT molecular complexity index is 708. The first-order chi connectivity index (χ1) is 12.2. The molecule has 3 heterocycles. The van der Waals surface area contributed by atoms with E-state index in [4.69, 9.17) is 4.74 Å². The molecule has 9 nitrogen and oxygen atoms in total. The lowest BCUT2D eigenvalue weighted by atomic mass is 9.87. The van der Waals surface area contributed by atoms with Crippen LogP contribution in [-0.2, 0) is 16.0 Å². The normalized spacial score (nSPS) is 18.7. The molecule has 0 radical (unpaired) electrons. The largest absolute Gasteiger partial charge is 0.480 e. The second-order valence-corrected chi connectivity index (χ2v) is 7.70. The minimum absolute atomic E-state index is 0.272. The average Bonchev–Trinajstić information content (AvgIpc) is 3.02. The van der Waals surface area contributed by atoms with Crippen molar-refractivity contribution < 1.29 is 19.4 Å². The molecular formula is C17H25N5O4. The van der Waals surface area contributed by atoms with Gasteiger partial charge in [0.25, 0.3) is 0 Å². The second kappa shape index (κ2) is 6.62. The van der Waals surface area contributed by atoms with Crippen LogP contribution in [0.2, 0.25) is 0 Å². The lowest BCUT2D eigenvalue weighted by Crippen LogP contribution is -2.60. The molecule has 0 aromatic carbocycles. The third kappa shape index (κ3) is 3.66. The summed E-state index contributed by atoms with van der Waals surface area (Å²) in [6.07, 6.45) is 2.20. The van der Waals surface area contributed by atoms with Gasteiger partial charge in [-0.25, -0.2) is 19.6 Å². The molecule has 0 atom stereocenters. The maximum atomic E-state index is 12.1. The van der Waals surface area contributed by atoms with Gasteiger partial charge in [-0.05, 0) is 40.0 Å². The summed E-state index contributed by atoms with van der Waals surface area (Å²) >= 11 is 0. The Morgan fingerprint density at radius 3 is 2.62 bits per heavy atom. The fourth-order valence-corrected chi connectivity index (χ4v) is 3.36. The summed E-state index contributed by atoms with van der Waals surface area (Å²) in [4.78, 5) is 34.7. The van der Waals surface area contributed by atoms with E-state index in [0.29, 0.717) is 13.1 Å².